The summed E-state index contributed by atoms with van der Waals surface area (Å²) in [7, 11) is 0. The minimum Gasteiger partial charge on any atom is -0.477 e. The predicted octanol–water partition coefficient (Wildman–Crippen LogP) is 9.78. The van der Waals surface area contributed by atoms with E-state index in [0.717, 1.165) is 33.4 Å². The van der Waals surface area contributed by atoms with Crippen LogP contribution >= 0.6 is 0 Å². The topological polar surface area (TPSA) is 132 Å². The number of carbonyl (C=O) groups excluding carboxylic acids is 2. The highest BCUT2D eigenvalue weighted by molar-refractivity contribution is 5.92. The molecule has 4 atom stereocenters. The number of amides is 2. The second-order valence-electron chi connectivity index (χ2n) is 16.4. The number of carbonyl (C=O) groups is 3. The van der Waals surface area contributed by atoms with Crippen LogP contribution in [0.3, 0.4) is 0 Å². The lowest BCUT2D eigenvalue weighted by molar-refractivity contribution is -0.0988. The Hall–Kier alpha value is -6.67. The third kappa shape index (κ3) is 10.3. The summed E-state index contributed by atoms with van der Waals surface area (Å²) in [6.45, 7) is 11.2. The second-order valence-corrected chi connectivity index (χ2v) is 16.4. The number of hydrogen-bond acceptors (Lipinski definition) is 7. The van der Waals surface area contributed by atoms with E-state index in [-0.39, 0.29) is 61.0 Å². The Labute approximate surface area is 366 Å². The molecule has 0 unspecified atom stereocenters. The minimum absolute atomic E-state index is 0. The van der Waals surface area contributed by atoms with Gasteiger partial charge in [0.1, 0.15) is 28.6 Å². The number of imidazole rings is 2. The molecule has 8 rings (SSSR count). The molecule has 0 saturated carbocycles. The third-order valence-electron chi connectivity index (χ3n) is 11.2. The van der Waals surface area contributed by atoms with Crippen LogP contribution in [-0.2, 0) is 9.47 Å². The van der Waals surface area contributed by atoms with Gasteiger partial charge in [-0.3, -0.25) is 4.79 Å². The molecule has 1 N–H and O–H groups in total. The molecule has 12 nitrogen and oxygen atoms in total. The zero-order valence-electron chi connectivity index (χ0n) is 35.3. The molecule has 2 aliphatic rings. The number of carboxylic acid groups (broad SMARTS) is 1. The van der Waals surface area contributed by atoms with Crippen LogP contribution < -0.4 is 0 Å². The maximum atomic E-state index is 13.8. The molecule has 0 bridgehead atoms. The van der Waals surface area contributed by atoms with Crippen molar-refractivity contribution in [2.75, 3.05) is 26.2 Å². The van der Waals surface area contributed by atoms with Crippen LogP contribution in [0.4, 0.5) is 13.6 Å². The molecule has 2 amide bonds. The average Bonchev–Trinajstić information content (AvgIpc) is 3.97. The number of aromatic carboxylic acids is 1. The van der Waals surface area contributed by atoms with E-state index in [1.807, 2.05) is 87.7 Å². The first-order chi connectivity index (χ1) is 29.7. The van der Waals surface area contributed by atoms with Crippen molar-refractivity contribution in [3.8, 4) is 22.3 Å². The highest BCUT2D eigenvalue weighted by Crippen LogP contribution is 2.33. The molecule has 330 valence electrons. The van der Waals surface area contributed by atoms with Gasteiger partial charge in [0.25, 0.3) is 5.91 Å². The van der Waals surface area contributed by atoms with Crippen LogP contribution in [0.1, 0.15) is 92.7 Å². The van der Waals surface area contributed by atoms with Gasteiger partial charge in [-0.15, -0.1) is 0 Å². The SMILES string of the molecule is C.C[C@@H](c1ccccc1-c1ccc(F)cc1)n1cncc1C(=O)N1CC[C@@H]2[C@@H](C1)OCCN2C(=O)OC(C)(C)C.C[C@@H](c1ccccc1-c1ccc(F)cc1)n1cncc1C(=O)O. The first-order valence-corrected chi connectivity index (χ1v) is 20.6. The predicted molar refractivity (Wildman–Crippen MR) is 236 cm³/mol. The van der Waals surface area contributed by atoms with E-state index >= 15 is 0 Å². The summed E-state index contributed by atoms with van der Waals surface area (Å²) in [6.07, 6.45) is 6.10. The van der Waals surface area contributed by atoms with Crippen molar-refractivity contribution < 1.29 is 37.7 Å². The molecule has 2 aromatic heterocycles. The molecular formula is C49H54F2N6O6. The Morgan fingerprint density at radius 2 is 1.24 bits per heavy atom. The maximum absolute atomic E-state index is 13.8. The van der Waals surface area contributed by atoms with Crippen LogP contribution in [0.2, 0.25) is 0 Å². The number of ether oxygens (including phenoxy) is 2. The zero-order valence-corrected chi connectivity index (χ0v) is 35.3. The number of benzene rings is 4. The van der Waals surface area contributed by atoms with Crippen molar-refractivity contribution >= 4 is 18.0 Å². The van der Waals surface area contributed by atoms with Crippen molar-refractivity contribution in [2.24, 2.45) is 0 Å². The fraction of sp³-hybridized carbons (Fsp3) is 0.327. The fourth-order valence-corrected chi connectivity index (χ4v) is 8.15. The van der Waals surface area contributed by atoms with Crippen molar-refractivity contribution in [3.63, 3.8) is 0 Å². The van der Waals surface area contributed by atoms with Crippen molar-refractivity contribution in [1.82, 2.24) is 28.9 Å². The van der Waals surface area contributed by atoms with Crippen LogP contribution in [0.15, 0.2) is 122 Å². The van der Waals surface area contributed by atoms with Crippen molar-refractivity contribution in [2.45, 2.75) is 78.3 Å². The maximum Gasteiger partial charge on any atom is 0.410 e. The van der Waals surface area contributed by atoms with Crippen LogP contribution in [0.25, 0.3) is 22.3 Å². The molecule has 4 heterocycles. The van der Waals surface area contributed by atoms with E-state index in [1.165, 1.54) is 36.8 Å². The zero-order chi connectivity index (χ0) is 44.1. The molecular weight excluding hydrogens is 807 g/mol. The minimum atomic E-state index is -1.02. The van der Waals surface area contributed by atoms with Crippen molar-refractivity contribution in [1.29, 1.82) is 0 Å². The number of hydrogen-bond donors (Lipinski definition) is 1. The number of aromatic nitrogens is 4. The molecule has 2 saturated heterocycles. The van der Waals surface area contributed by atoms with Crippen LogP contribution in [-0.4, -0.2) is 96.0 Å². The smallest absolute Gasteiger partial charge is 0.410 e. The van der Waals surface area contributed by atoms with Gasteiger partial charge in [0.05, 0.1) is 55.9 Å². The summed E-state index contributed by atoms with van der Waals surface area (Å²) in [5.74, 6) is -1.72. The third-order valence-corrected chi connectivity index (χ3v) is 11.2. The van der Waals surface area contributed by atoms with Gasteiger partial charge in [-0.2, -0.15) is 0 Å². The number of piperidine rings is 1. The number of halogens is 2. The molecule has 0 spiro atoms. The number of rotatable bonds is 8. The Balaban J connectivity index is 0.000000235. The standard InChI is InChI=1S/C30H35FN4O4.C18H15FN2O2.CH4/c1-20(23-7-5-6-8-24(23)21-9-11-22(31)12-10-21)35-19-32-17-26(35)28(36)33-14-13-25-27(18-33)38-16-15-34(25)29(37)39-30(2,3)4;1-12(21-11-20-10-17(21)18(22)23)15-4-2-3-5-16(15)13-6-8-14(19)9-7-13;/h5-12,17,19-20,25,27H,13-16,18H2,1-4H3;2-12H,1H3,(H,22,23);1H4/t20-,25+,27+;12-;/m00./s1. The first kappa shape index (κ1) is 45.8. The van der Waals surface area contributed by atoms with E-state index in [4.69, 9.17) is 9.47 Å². The van der Waals surface area contributed by atoms with Gasteiger partial charge in [0.2, 0.25) is 0 Å². The number of fused-ring (bicyclic) bond motifs is 1. The number of carboxylic acids is 1. The fourth-order valence-electron chi connectivity index (χ4n) is 8.15. The Kier molecular flexibility index (Phi) is 14.2. The van der Waals surface area contributed by atoms with E-state index in [2.05, 4.69) is 9.97 Å². The molecule has 2 fully saturated rings. The molecule has 14 heteroatoms. The molecule has 2 aliphatic heterocycles. The van der Waals surface area contributed by atoms with E-state index < -0.39 is 11.6 Å². The summed E-state index contributed by atoms with van der Waals surface area (Å²) in [6, 6.07) is 27.7. The summed E-state index contributed by atoms with van der Waals surface area (Å²) < 4.78 is 41.8. The molecule has 4 aromatic carbocycles. The monoisotopic (exact) mass is 860 g/mol. The van der Waals surface area contributed by atoms with Gasteiger partial charge in [-0.25, -0.2) is 28.3 Å². The second kappa shape index (κ2) is 19.6. The van der Waals surface area contributed by atoms with Gasteiger partial charge in [0, 0.05) is 19.6 Å². The highest BCUT2D eigenvalue weighted by atomic mass is 19.1. The summed E-state index contributed by atoms with van der Waals surface area (Å²) in [5.41, 5.74) is 5.66. The quantitative estimate of drug-likeness (QED) is 0.160. The lowest BCUT2D eigenvalue weighted by Gasteiger charge is -2.46. The van der Waals surface area contributed by atoms with Gasteiger partial charge >= 0.3 is 12.1 Å². The van der Waals surface area contributed by atoms with Gasteiger partial charge in [-0.1, -0.05) is 80.2 Å². The first-order valence-electron chi connectivity index (χ1n) is 20.6. The van der Waals surface area contributed by atoms with Crippen molar-refractivity contribution in [3.05, 3.63) is 156 Å². The summed E-state index contributed by atoms with van der Waals surface area (Å²) >= 11 is 0. The lowest BCUT2D eigenvalue weighted by atomic mass is 9.95. The summed E-state index contributed by atoms with van der Waals surface area (Å²) in [5, 5.41) is 9.26. The lowest BCUT2D eigenvalue weighted by Crippen LogP contribution is -2.61. The summed E-state index contributed by atoms with van der Waals surface area (Å²) in [4.78, 5) is 49.7. The van der Waals surface area contributed by atoms with Gasteiger partial charge in [0.15, 0.2) is 0 Å². The Morgan fingerprint density at radius 1 is 0.746 bits per heavy atom. The highest BCUT2D eigenvalue weighted by Gasteiger charge is 2.42. The van der Waals surface area contributed by atoms with E-state index in [9.17, 15) is 28.3 Å². The molecule has 0 radical (unpaired) electrons. The number of likely N-dealkylation sites (tertiary alicyclic amines) is 1. The van der Waals surface area contributed by atoms with Crippen LogP contribution in [0, 0.1) is 11.6 Å². The number of nitrogens with zero attached hydrogens (tertiary/aromatic N) is 6. The molecule has 6 aromatic rings. The van der Waals surface area contributed by atoms with Gasteiger partial charge < -0.3 is 33.5 Å². The van der Waals surface area contributed by atoms with Crippen LogP contribution in [0.5, 0.6) is 0 Å². The Bertz CT molecular complexity index is 2510. The van der Waals surface area contributed by atoms with Gasteiger partial charge in [-0.05, 0) is 98.7 Å². The largest absolute Gasteiger partial charge is 0.477 e. The van der Waals surface area contributed by atoms with E-state index in [1.54, 1.807) is 51.2 Å². The molecule has 0 aliphatic carbocycles. The average molecular weight is 861 g/mol. The van der Waals surface area contributed by atoms with E-state index in [0.29, 0.717) is 38.4 Å². The number of morpholine rings is 1. The Morgan fingerprint density at radius 3 is 1.75 bits per heavy atom. The molecule has 63 heavy (non-hydrogen) atoms. The normalized spacial score (nSPS) is 17.0.